The van der Waals surface area contributed by atoms with Crippen LogP contribution < -0.4 is 11.1 Å². The minimum atomic E-state index is 0.312. The quantitative estimate of drug-likeness (QED) is 0.483. The van der Waals surface area contributed by atoms with Crippen LogP contribution in [0.25, 0.3) is 10.8 Å². The van der Waals surface area contributed by atoms with E-state index in [4.69, 9.17) is 28.9 Å². The van der Waals surface area contributed by atoms with Crippen LogP contribution in [0.1, 0.15) is 11.1 Å². The number of nitrogens with one attached hydrogen (secondary N) is 1. The van der Waals surface area contributed by atoms with Crippen LogP contribution >= 0.6 is 23.2 Å². The molecule has 120 valence electrons. The van der Waals surface area contributed by atoms with Gasteiger partial charge in [-0.05, 0) is 53.6 Å². The van der Waals surface area contributed by atoms with Crippen LogP contribution in [0.4, 0.5) is 11.4 Å². The minimum absolute atomic E-state index is 0.312. The molecule has 0 radical (unpaired) electrons. The van der Waals surface area contributed by atoms with Crippen LogP contribution in [0, 0.1) is 0 Å². The summed E-state index contributed by atoms with van der Waals surface area (Å²) in [5.74, 6) is 0.312. The second kappa shape index (κ2) is 6.00. The third-order valence-electron chi connectivity index (χ3n) is 4.29. The molecule has 5 heteroatoms. The highest BCUT2D eigenvalue weighted by atomic mass is 35.5. The van der Waals surface area contributed by atoms with Gasteiger partial charge in [-0.1, -0.05) is 47.5 Å². The molecule has 3 nitrogen and oxygen atoms in total. The van der Waals surface area contributed by atoms with Gasteiger partial charge in [0.2, 0.25) is 0 Å². The van der Waals surface area contributed by atoms with Crippen LogP contribution in [-0.4, -0.2) is 5.96 Å². The van der Waals surface area contributed by atoms with Crippen molar-refractivity contribution in [2.24, 2.45) is 10.7 Å². The maximum absolute atomic E-state index is 6.07. The summed E-state index contributed by atoms with van der Waals surface area (Å²) in [5.41, 5.74) is 10.5. The Bertz CT molecular complexity index is 970. The molecule has 3 aromatic carbocycles. The first kappa shape index (κ1) is 15.3. The normalized spacial score (nSPS) is 13.5. The van der Waals surface area contributed by atoms with Gasteiger partial charge in [0.05, 0.1) is 15.7 Å². The molecule has 0 fully saturated rings. The van der Waals surface area contributed by atoms with Gasteiger partial charge in [0.25, 0.3) is 0 Å². The molecule has 1 aliphatic rings. The van der Waals surface area contributed by atoms with E-state index >= 15 is 0 Å². The van der Waals surface area contributed by atoms with Crippen molar-refractivity contribution in [2.45, 2.75) is 12.8 Å². The smallest absolute Gasteiger partial charge is 0.198 e. The van der Waals surface area contributed by atoms with E-state index in [1.165, 1.54) is 16.5 Å². The minimum Gasteiger partial charge on any atom is -0.369 e. The van der Waals surface area contributed by atoms with Gasteiger partial charge in [-0.15, -0.1) is 0 Å². The molecule has 0 aromatic heterocycles. The van der Waals surface area contributed by atoms with Gasteiger partial charge in [-0.3, -0.25) is 0 Å². The van der Waals surface area contributed by atoms with Gasteiger partial charge in [0.15, 0.2) is 5.96 Å². The van der Waals surface area contributed by atoms with Gasteiger partial charge in [0.1, 0.15) is 0 Å². The number of hydrogen-bond acceptors (Lipinski definition) is 1. The Hall–Kier alpha value is -2.23. The molecule has 4 rings (SSSR count). The molecule has 0 unspecified atom stereocenters. The van der Waals surface area contributed by atoms with Crippen molar-refractivity contribution in [3.8, 4) is 0 Å². The number of nitrogens with zero attached hydrogens (tertiary/aromatic N) is 1. The molecular formula is C19H15Cl2N3. The lowest BCUT2D eigenvalue weighted by Crippen LogP contribution is -2.21. The van der Waals surface area contributed by atoms with E-state index in [1.54, 1.807) is 12.1 Å². The summed E-state index contributed by atoms with van der Waals surface area (Å²) in [7, 11) is 0. The van der Waals surface area contributed by atoms with E-state index in [0.717, 1.165) is 29.6 Å². The number of nitrogens with two attached hydrogens (primary N) is 1. The van der Waals surface area contributed by atoms with Crippen molar-refractivity contribution in [3.63, 3.8) is 0 Å². The highest BCUT2D eigenvalue weighted by Crippen LogP contribution is 2.36. The fourth-order valence-electron chi connectivity index (χ4n) is 3.21. The summed E-state index contributed by atoms with van der Waals surface area (Å²) in [4.78, 5) is 4.55. The third-order valence-corrected chi connectivity index (χ3v) is 5.03. The monoisotopic (exact) mass is 355 g/mol. The first-order chi connectivity index (χ1) is 11.6. The fourth-order valence-corrected chi connectivity index (χ4v) is 3.51. The van der Waals surface area contributed by atoms with E-state index in [-0.39, 0.29) is 0 Å². The Labute approximate surface area is 150 Å². The summed E-state index contributed by atoms with van der Waals surface area (Å²) in [5, 5.41) is 6.49. The Kier molecular flexibility index (Phi) is 3.83. The summed E-state index contributed by atoms with van der Waals surface area (Å²) in [6.07, 6.45) is 2.19. The van der Waals surface area contributed by atoms with Gasteiger partial charge in [-0.2, -0.15) is 0 Å². The topological polar surface area (TPSA) is 50.4 Å². The van der Waals surface area contributed by atoms with Crippen molar-refractivity contribution < 1.29 is 0 Å². The number of anilines is 1. The zero-order valence-corrected chi connectivity index (χ0v) is 14.3. The zero-order valence-electron chi connectivity index (χ0n) is 12.8. The molecular weight excluding hydrogens is 341 g/mol. The lowest BCUT2D eigenvalue weighted by molar-refractivity contribution is 1.02. The highest BCUT2D eigenvalue weighted by molar-refractivity contribution is 6.42. The molecule has 0 bridgehead atoms. The van der Waals surface area contributed by atoms with Crippen molar-refractivity contribution in [3.05, 3.63) is 69.7 Å². The average molecular weight is 356 g/mol. The predicted octanol–water partition coefficient (Wildman–Crippen LogP) is 5.30. The van der Waals surface area contributed by atoms with E-state index in [0.29, 0.717) is 16.0 Å². The average Bonchev–Trinajstić information content (AvgIpc) is 2.99. The molecule has 0 spiro atoms. The number of aliphatic imine (C=N–C) groups is 1. The first-order valence-corrected chi connectivity index (χ1v) is 8.47. The summed E-state index contributed by atoms with van der Waals surface area (Å²) < 4.78 is 0. The molecule has 0 amide bonds. The van der Waals surface area contributed by atoms with Gasteiger partial charge in [-0.25, -0.2) is 4.99 Å². The Morgan fingerprint density at radius 2 is 1.75 bits per heavy atom. The number of hydrogen-bond donors (Lipinski definition) is 2. The molecule has 24 heavy (non-hydrogen) atoms. The number of rotatable bonds is 2. The fraction of sp³-hybridized carbons (Fsp3) is 0.105. The molecule has 0 aliphatic heterocycles. The second-order valence-corrected chi connectivity index (χ2v) is 6.65. The molecule has 0 heterocycles. The van der Waals surface area contributed by atoms with Crippen LogP contribution in [-0.2, 0) is 12.8 Å². The van der Waals surface area contributed by atoms with Crippen molar-refractivity contribution >= 4 is 51.3 Å². The lowest BCUT2D eigenvalue weighted by atomic mass is 10.0. The van der Waals surface area contributed by atoms with Crippen LogP contribution in [0.3, 0.4) is 0 Å². The maximum Gasteiger partial charge on any atom is 0.198 e. The molecule has 0 atom stereocenters. The second-order valence-electron chi connectivity index (χ2n) is 5.83. The molecule has 1 aliphatic carbocycles. The third kappa shape index (κ3) is 2.70. The van der Waals surface area contributed by atoms with Crippen molar-refractivity contribution in [2.75, 3.05) is 5.32 Å². The Morgan fingerprint density at radius 3 is 2.54 bits per heavy atom. The van der Waals surface area contributed by atoms with E-state index < -0.39 is 0 Å². The van der Waals surface area contributed by atoms with Gasteiger partial charge < -0.3 is 11.1 Å². The van der Waals surface area contributed by atoms with E-state index in [2.05, 4.69) is 34.6 Å². The number of halogens is 2. The molecule has 0 saturated heterocycles. The standard InChI is InChI=1S/C19H15Cl2N3/c20-15-8-7-13(10-16(15)21)23-19(22)24-17-9-6-12-5-4-11-2-1-3-14(17)18(11)12/h1-3,6-10H,4-5H2,(H3,22,23,24). The molecule has 0 saturated carbocycles. The lowest BCUT2D eigenvalue weighted by Gasteiger charge is -2.09. The van der Waals surface area contributed by atoms with Crippen LogP contribution in [0.5, 0.6) is 0 Å². The highest BCUT2D eigenvalue weighted by Gasteiger charge is 2.15. The predicted molar refractivity (Wildman–Crippen MR) is 103 cm³/mol. The number of benzene rings is 3. The van der Waals surface area contributed by atoms with Crippen molar-refractivity contribution in [1.82, 2.24) is 0 Å². The largest absolute Gasteiger partial charge is 0.369 e. The van der Waals surface area contributed by atoms with Crippen molar-refractivity contribution in [1.29, 1.82) is 0 Å². The summed E-state index contributed by atoms with van der Waals surface area (Å²) in [6, 6.07) is 15.8. The zero-order chi connectivity index (χ0) is 16.7. The van der Waals surface area contributed by atoms with Crippen LogP contribution in [0.15, 0.2) is 53.5 Å². The Morgan fingerprint density at radius 1 is 0.958 bits per heavy atom. The SMILES string of the molecule is NC(=Nc1ccc2c3c(cccc13)CC2)Nc1ccc(Cl)c(Cl)c1. The summed E-state index contributed by atoms with van der Waals surface area (Å²) in [6.45, 7) is 0. The molecule has 3 aromatic rings. The van der Waals surface area contributed by atoms with E-state index in [1.807, 2.05) is 12.1 Å². The van der Waals surface area contributed by atoms with Gasteiger partial charge in [0, 0.05) is 11.1 Å². The van der Waals surface area contributed by atoms with Crippen LogP contribution in [0.2, 0.25) is 10.0 Å². The number of guanidine groups is 1. The molecule has 3 N–H and O–H groups in total. The summed E-state index contributed by atoms with van der Waals surface area (Å²) >= 11 is 12.0. The first-order valence-electron chi connectivity index (χ1n) is 7.71. The van der Waals surface area contributed by atoms with E-state index in [9.17, 15) is 0 Å². The van der Waals surface area contributed by atoms with Gasteiger partial charge >= 0.3 is 0 Å². The Balaban J connectivity index is 1.70. The maximum atomic E-state index is 6.07. The number of aryl methyl sites for hydroxylation is 2.